The third kappa shape index (κ3) is 3.86. The van der Waals surface area contributed by atoms with Gasteiger partial charge in [-0.25, -0.2) is 14.4 Å². The molecule has 0 atom stereocenters. The van der Waals surface area contributed by atoms with Crippen LogP contribution in [0.4, 0.5) is 5.69 Å². The van der Waals surface area contributed by atoms with Crippen molar-refractivity contribution in [1.82, 2.24) is 0 Å². The van der Waals surface area contributed by atoms with Gasteiger partial charge < -0.3 is 33.3 Å². The molecule has 28 heavy (non-hydrogen) atoms. The van der Waals surface area contributed by atoms with Crippen molar-refractivity contribution in [2.75, 3.05) is 53.8 Å². The lowest BCUT2D eigenvalue weighted by atomic mass is 10.1. The number of esters is 3. The zero-order chi connectivity index (χ0) is 20.8. The standard InChI is InChI=1S/C18H21NO9/c1-23-13-6-10(16(20)25-3)12(7-14(13)24-2)19-9-28-8-11(17(21)26-4)15(19)18(22)27-5/h6-7H,8-9H2,1-5H3. The van der Waals surface area contributed by atoms with Gasteiger partial charge in [0.1, 0.15) is 12.4 Å². The Morgan fingerprint density at radius 2 is 1.43 bits per heavy atom. The molecule has 1 aliphatic rings. The van der Waals surface area contributed by atoms with Crippen LogP contribution in [0.2, 0.25) is 0 Å². The van der Waals surface area contributed by atoms with Gasteiger partial charge in [-0.1, -0.05) is 0 Å². The number of carbonyl (C=O) groups excluding carboxylic acids is 3. The second-order valence-corrected chi connectivity index (χ2v) is 5.43. The van der Waals surface area contributed by atoms with E-state index < -0.39 is 17.9 Å². The number of ether oxygens (including phenoxy) is 6. The average Bonchev–Trinajstić information content (AvgIpc) is 2.75. The number of hydrogen-bond acceptors (Lipinski definition) is 10. The lowest BCUT2D eigenvalue weighted by molar-refractivity contribution is -0.140. The Labute approximate surface area is 161 Å². The highest BCUT2D eigenvalue weighted by atomic mass is 16.5. The summed E-state index contributed by atoms with van der Waals surface area (Å²) < 4.78 is 30.3. The number of nitrogens with zero attached hydrogens (tertiary/aromatic N) is 1. The van der Waals surface area contributed by atoms with Gasteiger partial charge in [-0.3, -0.25) is 0 Å². The molecule has 0 fully saturated rings. The van der Waals surface area contributed by atoms with Crippen molar-refractivity contribution < 1.29 is 42.8 Å². The van der Waals surface area contributed by atoms with E-state index in [9.17, 15) is 14.4 Å². The first-order valence-corrected chi connectivity index (χ1v) is 8.02. The summed E-state index contributed by atoms with van der Waals surface area (Å²) >= 11 is 0. The first-order chi connectivity index (χ1) is 13.4. The Kier molecular flexibility index (Phi) is 6.83. The van der Waals surface area contributed by atoms with Gasteiger partial charge in [0.15, 0.2) is 11.5 Å². The second kappa shape index (κ2) is 9.09. The van der Waals surface area contributed by atoms with E-state index in [0.29, 0.717) is 5.75 Å². The predicted molar refractivity (Wildman–Crippen MR) is 95.2 cm³/mol. The molecule has 0 spiro atoms. The van der Waals surface area contributed by atoms with Crippen molar-refractivity contribution in [2.45, 2.75) is 0 Å². The van der Waals surface area contributed by atoms with Gasteiger partial charge in [0, 0.05) is 12.1 Å². The minimum Gasteiger partial charge on any atom is -0.493 e. The maximum Gasteiger partial charge on any atom is 0.355 e. The molecule has 152 valence electrons. The van der Waals surface area contributed by atoms with Crippen LogP contribution in [-0.4, -0.2) is 66.8 Å². The molecule has 0 N–H and O–H groups in total. The Hall–Kier alpha value is -3.27. The first kappa shape index (κ1) is 21.0. The molecule has 1 aromatic carbocycles. The zero-order valence-electron chi connectivity index (χ0n) is 16.2. The molecule has 0 unspecified atom stereocenters. The predicted octanol–water partition coefficient (Wildman–Crippen LogP) is 0.885. The van der Waals surface area contributed by atoms with Crippen LogP contribution in [-0.2, 0) is 28.5 Å². The Morgan fingerprint density at radius 3 is 1.96 bits per heavy atom. The van der Waals surface area contributed by atoms with E-state index in [-0.39, 0.29) is 41.6 Å². The topological polar surface area (TPSA) is 110 Å². The first-order valence-electron chi connectivity index (χ1n) is 8.02. The van der Waals surface area contributed by atoms with E-state index >= 15 is 0 Å². The summed E-state index contributed by atoms with van der Waals surface area (Å²) in [7, 11) is 6.40. The largest absolute Gasteiger partial charge is 0.493 e. The third-order valence-corrected chi connectivity index (χ3v) is 4.03. The molecule has 0 radical (unpaired) electrons. The summed E-state index contributed by atoms with van der Waals surface area (Å²) in [6.07, 6.45) is 0. The van der Waals surface area contributed by atoms with Crippen LogP contribution in [0.25, 0.3) is 0 Å². The molecule has 0 saturated carbocycles. The molecule has 1 aromatic rings. The highest BCUT2D eigenvalue weighted by Gasteiger charge is 2.35. The van der Waals surface area contributed by atoms with Gasteiger partial charge in [-0.2, -0.15) is 0 Å². The van der Waals surface area contributed by atoms with Crippen LogP contribution in [0.3, 0.4) is 0 Å². The molecule has 0 aromatic heterocycles. The maximum atomic E-state index is 12.5. The molecule has 0 amide bonds. The van der Waals surface area contributed by atoms with E-state index in [4.69, 9.17) is 28.4 Å². The van der Waals surface area contributed by atoms with E-state index in [1.54, 1.807) is 0 Å². The number of carbonyl (C=O) groups is 3. The summed E-state index contributed by atoms with van der Waals surface area (Å²) in [5, 5.41) is 0. The molecule has 1 aliphatic heterocycles. The second-order valence-electron chi connectivity index (χ2n) is 5.43. The van der Waals surface area contributed by atoms with Gasteiger partial charge in [-0.05, 0) is 0 Å². The Morgan fingerprint density at radius 1 is 0.857 bits per heavy atom. The van der Waals surface area contributed by atoms with Gasteiger partial charge in [0.25, 0.3) is 0 Å². The SMILES string of the molecule is COC(=O)C1=C(C(=O)OC)N(c2cc(OC)c(OC)cc2C(=O)OC)COC1. The summed E-state index contributed by atoms with van der Waals surface area (Å²) in [4.78, 5) is 38.3. The van der Waals surface area contributed by atoms with Crippen molar-refractivity contribution in [3.63, 3.8) is 0 Å². The molecule has 0 aliphatic carbocycles. The zero-order valence-corrected chi connectivity index (χ0v) is 16.2. The van der Waals surface area contributed by atoms with Crippen molar-refractivity contribution in [2.24, 2.45) is 0 Å². The Balaban J connectivity index is 2.77. The van der Waals surface area contributed by atoms with Gasteiger partial charge >= 0.3 is 17.9 Å². The fourth-order valence-electron chi connectivity index (χ4n) is 2.70. The highest BCUT2D eigenvalue weighted by Crippen LogP contribution is 2.38. The van der Waals surface area contributed by atoms with Crippen LogP contribution in [0.1, 0.15) is 10.4 Å². The fourth-order valence-corrected chi connectivity index (χ4v) is 2.70. The minimum absolute atomic E-state index is 0.0498. The molecular formula is C18H21NO9. The molecular weight excluding hydrogens is 374 g/mol. The quantitative estimate of drug-likeness (QED) is 0.508. The number of methoxy groups -OCH3 is 5. The normalized spacial score (nSPS) is 13.7. The van der Waals surface area contributed by atoms with E-state index in [0.717, 1.165) is 0 Å². The van der Waals surface area contributed by atoms with Crippen molar-refractivity contribution in [3.05, 3.63) is 29.0 Å². The van der Waals surface area contributed by atoms with Crippen LogP contribution in [0, 0.1) is 0 Å². The number of anilines is 1. The smallest absolute Gasteiger partial charge is 0.355 e. The highest BCUT2D eigenvalue weighted by molar-refractivity contribution is 6.05. The monoisotopic (exact) mass is 395 g/mol. The van der Waals surface area contributed by atoms with Crippen LogP contribution < -0.4 is 14.4 Å². The van der Waals surface area contributed by atoms with E-state index in [2.05, 4.69) is 0 Å². The molecule has 1 heterocycles. The lowest BCUT2D eigenvalue weighted by Crippen LogP contribution is -2.39. The van der Waals surface area contributed by atoms with Crippen LogP contribution >= 0.6 is 0 Å². The van der Waals surface area contributed by atoms with E-state index in [1.165, 1.54) is 52.6 Å². The van der Waals surface area contributed by atoms with Crippen molar-refractivity contribution in [3.8, 4) is 11.5 Å². The molecule has 10 heteroatoms. The van der Waals surface area contributed by atoms with Crippen LogP contribution in [0.15, 0.2) is 23.4 Å². The summed E-state index contributed by atoms with van der Waals surface area (Å²) in [6.45, 7) is -0.293. The van der Waals surface area contributed by atoms with Gasteiger partial charge in [0.2, 0.25) is 0 Å². The summed E-state index contributed by atoms with van der Waals surface area (Å²) in [6, 6.07) is 2.87. The molecule has 10 nitrogen and oxygen atoms in total. The average molecular weight is 395 g/mol. The van der Waals surface area contributed by atoms with Gasteiger partial charge in [0.05, 0.1) is 59.0 Å². The van der Waals surface area contributed by atoms with Gasteiger partial charge in [-0.15, -0.1) is 0 Å². The Bertz CT molecular complexity index is 816. The van der Waals surface area contributed by atoms with Crippen molar-refractivity contribution in [1.29, 1.82) is 0 Å². The lowest BCUT2D eigenvalue weighted by Gasteiger charge is -2.32. The van der Waals surface area contributed by atoms with E-state index in [1.807, 2.05) is 0 Å². The summed E-state index contributed by atoms with van der Waals surface area (Å²) in [5.41, 5.74) is 0.103. The molecule has 2 rings (SSSR count). The number of rotatable bonds is 6. The van der Waals surface area contributed by atoms with Crippen LogP contribution in [0.5, 0.6) is 11.5 Å². The molecule has 0 saturated heterocycles. The third-order valence-electron chi connectivity index (χ3n) is 4.03. The fraction of sp³-hybridized carbons (Fsp3) is 0.389. The summed E-state index contributed by atoms with van der Waals surface area (Å²) in [5.74, 6) is -1.68. The maximum absolute atomic E-state index is 12.5. The molecule has 0 bridgehead atoms. The minimum atomic E-state index is -0.797. The number of hydrogen-bond donors (Lipinski definition) is 0. The van der Waals surface area contributed by atoms with Crippen molar-refractivity contribution >= 4 is 23.6 Å². The number of benzene rings is 1.